The van der Waals surface area contributed by atoms with Crippen molar-refractivity contribution in [3.8, 4) is 28.4 Å². The monoisotopic (exact) mass is 374 g/mol. The zero-order valence-corrected chi connectivity index (χ0v) is 16.2. The quantitative estimate of drug-likeness (QED) is 0.587. The number of benzene rings is 3. The van der Waals surface area contributed by atoms with Crippen LogP contribution in [0.15, 0.2) is 72.8 Å². The molecule has 1 saturated heterocycles. The van der Waals surface area contributed by atoms with E-state index in [0.29, 0.717) is 6.04 Å². The Morgan fingerprint density at radius 1 is 0.929 bits per heavy atom. The van der Waals surface area contributed by atoms with Crippen LogP contribution in [-0.2, 0) is 0 Å². The van der Waals surface area contributed by atoms with Crippen molar-refractivity contribution in [1.29, 1.82) is 0 Å². The second kappa shape index (κ2) is 8.81. The molecule has 3 aromatic rings. The molecule has 0 bridgehead atoms. The average molecular weight is 374 g/mol. The van der Waals surface area contributed by atoms with Crippen LogP contribution in [-0.4, -0.2) is 26.2 Å². The first-order valence-electron chi connectivity index (χ1n) is 9.80. The van der Waals surface area contributed by atoms with Gasteiger partial charge in [-0.05, 0) is 54.8 Å². The van der Waals surface area contributed by atoms with Gasteiger partial charge in [-0.25, -0.2) is 0 Å². The molecule has 1 aliphatic heterocycles. The van der Waals surface area contributed by atoms with Crippen LogP contribution < -0.4 is 20.1 Å². The van der Waals surface area contributed by atoms with E-state index >= 15 is 0 Å². The predicted octanol–water partition coefficient (Wildman–Crippen LogP) is 5.32. The van der Waals surface area contributed by atoms with E-state index in [2.05, 4.69) is 53.1 Å². The lowest BCUT2D eigenvalue weighted by Gasteiger charge is -2.17. The molecule has 1 aliphatic rings. The number of hydrogen-bond donors (Lipinski definition) is 2. The summed E-state index contributed by atoms with van der Waals surface area (Å²) in [6.07, 6.45) is 2.45. The Kier molecular flexibility index (Phi) is 5.78. The Morgan fingerprint density at radius 3 is 2.57 bits per heavy atom. The van der Waals surface area contributed by atoms with Crippen molar-refractivity contribution in [2.45, 2.75) is 18.9 Å². The first-order valence-corrected chi connectivity index (χ1v) is 9.80. The molecule has 0 saturated carbocycles. The number of ether oxygens (including phenoxy) is 2. The molecule has 1 atom stereocenters. The molecule has 28 heavy (non-hydrogen) atoms. The van der Waals surface area contributed by atoms with E-state index in [1.165, 1.54) is 18.4 Å². The molecule has 4 rings (SSSR count). The van der Waals surface area contributed by atoms with Crippen molar-refractivity contribution < 1.29 is 9.47 Å². The first kappa shape index (κ1) is 18.4. The van der Waals surface area contributed by atoms with E-state index in [1.54, 1.807) is 7.11 Å². The van der Waals surface area contributed by atoms with Crippen LogP contribution in [0.4, 0.5) is 5.69 Å². The Balaban J connectivity index is 1.62. The molecule has 0 aliphatic carbocycles. The minimum atomic E-state index is 0.512. The Morgan fingerprint density at radius 2 is 1.79 bits per heavy atom. The summed E-state index contributed by atoms with van der Waals surface area (Å²) in [4.78, 5) is 0. The van der Waals surface area contributed by atoms with Crippen molar-refractivity contribution in [3.05, 3.63) is 72.8 Å². The van der Waals surface area contributed by atoms with Gasteiger partial charge in [0.25, 0.3) is 0 Å². The Hall–Kier alpha value is -2.98. The Labute approximate surface area is 166 Å². The molecule has 0 radical (unpaired) electrons. The van der Waals surface area contributed by atoms with Crippen LogP contribution >= 0.6 is 0 Å². The third-order valence-corrected chi connectivity index (χ3v) is 5.06. The molecule has 0 spiro atoms. The van der Waals surface area contributed by atoms with Gasteiger partial charge in [0.05, 0.1) is 12.8 Å². The normalized spacial score (nSPS) is 16.0. The van der Waals surface area contributed by atoms with Gasteiger partial charge in [0.1, 0.15) is 11.5 Å². The fourth-order valence-electron chi connectivity index (χ4n) is 3.52. The van der Waals surface area contributed by atoms with Crippen molar-refractivity contribution in [1.82, 2.24) is 5.32 Å². The molecule has 0 amide bonds. The maximum atomic E-state index is 6.27. The molecule has 4 nitrogen and oxygen atoms in total. The predicted molar refractivity (Wildman–Crippen MR) is 114 cm³/mol. The summed E-state index contributed by atoms with van der Waals surface area (Å²) >= 11 is 0. The zero-order valence-electron chi connectivity index (χ0n) is 16.2. The Bertz CT molecular complexity index is 905. The highest BCUT2D eigenvalue weighted by atomic mass is 16.5. The topological polar surface area (TPSA) is 42.5 Å². The van der Waals surface area contributed by atoms with Crippen LogP contribution in [0.25, 0.3) is 11.1 Å². The van der Waals surface area contributed by atoms with Gasteiger partial charge in [-0.15, -0.1) is 0 Å². The molecule has 3 aromatic carbocycles. The van der Waals surface area contributed by atoms with Gasteiger partial charge in [0, 0.05) is 18.7 Å². The number of anilines is 1. The van der Waals surface area contributed by atoms with Gasteiger partial charge < -0.3 is 20.1 Å². The SMILES string of the molecule is COc1cccc(Oc2cc(-c3ccccc3)ccc2NC[C@@H]2CCCN2)c1. The second-order valence-corrected chi connectivity index (χ2v) is 7.03. The molecule has 2 N–H and O–H groups in total. The largest absolute Gasteiger partial charge is 0.497 e. The lowest BCUT2D eigenvalue weighted by atomic mass is 10.0. The molecule has 0 unspecified atom stereocenters. The highest BCUT2D eigenvalue weighted by Gasteiger charge is 2.15. The second-order valence-electron chi connectivity index (χ2n) is 7.03. The van der Waals surface area contributed by atoms with Crippen LogP contribution in [0.2, 0.25) is 0 Å². The molecule has 4 heteroatoms. The fourth-order valence-corrected chi connectivity index (χ4v) is 3.52. The number of methoxy groups -OCH3 is 1. The van der Waals surface area contributed by atoms with Crippen LogP contribution in [0.3, 0.4) is 0 Å². The minimum Gasteiger partial charge on any atom is -0.497 e. The third kappa shape index (κ3) is 4.46. The third-order valence-electron chi connectivity index (χ3n) is 5.06. The van der Waals surface area contributed by atoms with E-state index in [9.17, 15) is 0 Å². The van der Waals surface area contributed by atoms with E-state index in [0.717, 1.165) is 41.6 Å². The van der Waals surface area contributed by atoms with Crippen molar-refractivity contribution >= 4 is 5.69 Å². The smallest absolute Gasteiger partial charge is 0.151 e. The lowest BCUT2D eigenvalue weighted by molar-refractivity contribution is 0.409. The van der Waals surface area contributed by atoms with Gasteiger partial charge in [-0.2, -0.15) is 0 Å². The van der Waals surface area contributed by atoms with E-state index < -0.39 is 0 Å². The minimum absolute atomic E-state index is 0.512. The van der Waals surface area contributed by atoms with Crippen LogP contribution in [0, 0.1) is 0 Å². The fraction of sp³-hybridized carbons (Fsp3) is 0.250. The molecule has 1 fully saturated rings. The summed E-state index contributed by atoms with van der Waals surface area (Å²) in [5, 5.41) is 7.09. The van der Waals surface area contributed by atoms with Crippen LogP contribution in [0.1, 0.15) is 12.8 Å². The van der Waals surface area contributed by atoms with Crippen molar-refractivity contribution in [3.63, 3.8) is 0 Å². The summed E-state index contributed by atoms with van der Waals surface area (Å²) in [6, 6.07) is 24.9. The average Bonchev–Trinajstić information content (AvgIpc) is 3.27. The van der Waals surface area contributed by atoms with Gasteiger partial charge in [0.2, 0.25) is 0 Å². The lowest BCUT2D eigenvalue weighted by Crippen LogP contribution is -2.29. The molecule has 0 aromatic heterocycles. The van der Waals surface area contributed by atoms with E-state index in [-0.39, 0.29) is 0 Å². The highest BCUT2D eigenvalue weighted by molar-refractivity contribution is 5.71. The molecule has 1 heterocycles. The van der Waals surface area contributed by atoms with Crippen molar-refractivity contribution in [2.24, 2.45) is 0 Å². The van der Waals surface area contributed by atoms with Crippen LogP contribution in [0.5, 0.6) is 17.2 Å². The van der Waals surface area contributed by atoms with Gasteiger partial charge in [-0.1, -0.05) is 42.5 Å². The molecule has 144 valence electrons. The maximum absolute atomic E-state index is 6.27. The summed E-state index contributed by atoms with van der Waals surface area (Å²) < 4.78 is 11.6. The highest BCUT2D eigenvalue weighted by Crippen LogP contribution is 2.35. The summed E-state index contributed by atoms with van der Waals surface area (Å²) in [5.41, 5.74) is 3.29. The van der Waals surface area contributed by atoms with E-state index in [4.69, 9.17) is 9.47 Å². The van der Waals surface area contributed by atoms with Gasteiger partial charge in [-0.3, -0.25) is 0 Å². The zero-order chi connectivity index (χ0) is 19.2. The van der Waals surface area contributed by atoms with Gasteiger partial charge >= 0.3 is 0 Å². The number of rotatable bonds is 7. The van der Waals surface area contributed by atoms with Gasteiger partial charge in [0.15, 0.2) is 5.75 Å². The first-order chi connectivity index (χ1) is 13.8. The maximum Gasteiger partial charge on any atom is 0.151 e. The molecular formula is C24H26N2O2. The van der Waals surface area contributed by atoms with E-state index in [1.807, 2.05) is 30.3 Å². The number of hydrogen-bond acceptors (Lipinski definition) is 4. The summed E-state index contributed by atoms with van der Waals surface area (Å²) in [7, 11) is 1.66. The van der Waals surface area contributed by atoms with Crippen molar-refractivity contribution in [2.75, 3.05) is 25.5 Å². The standard InChI is InChI=1S/C24H26N2O2/c1-27-21-10-5-11-22(16-21)28-24-15-19(18-7-3-2-4-8-18)12-13-23(24)26-17-20-9-6-14-25-20/h2-5,7-8,10-13,15-16,20,25-26H,6,9,14,17H2,1H3/t20-/m0/s1. The molecular weight excluding hydrogens is 348 g/mol. The summed E-state index contributed by atoms with van der Waals surface area (Å²) in [6.45, 7) is 1.99. The number of nitrogens with one attached hydrogen (secondary N) is 2. The summed E-state index contributed by atoms with van der Waals surface area (Å²) in [5.74, 6) is 2.35.